The van der Waals surface area contributed by atoms with Gasteiger partial charge in [0.05, 0.1) is 11.1 Å². The minimum Gasteiger partial charge on any atom is -0.350 e. The molecule has 0 aliphatic carbocycles. The highest BCUT2D eigenvalue weighted by atomic mass is 35.5. The lowest BCUT2D eigenvalue weighted by molar-refractivity contribution is -0.137. The molecular formula is C18H18ClF3N6O. The molecule has 154 valence electrons. The third-order valence-corrected chi connectivity index (χ3v) is 4.49. The number of rotatable bonds is 4. The molecule has 0 bridgehead atoms. The van der Waals surface area contributed by atoms with Crippen LogP contribution in [-0.2, 0) is 6.18 Å². The summed E-state index contributed by atoms with van der Waals surface area (Å²) >= 11 is 0. The van der Waals surface area contributed by atoms with Crippen LogP contribution in [0, 0.1) is 0 Å². The van der Waals surface area contributed by atoms with Gasteiger partial charge in [0.25, 0.3) is 5.56 Å². The Kier molecular flexibility index (Phi) is 5.94. The molecule has 0 unspecified atom stereocenters. The molecule has 0 radical (unpaired) electrons. The zero-order chi connectivity index (χ0) is 19.7. The van der Waals surface area contributed by atoms with Gasteiger partial charge in [0, 0.05) is 24.5 Å². The molecular weight excluding hydrogens is 409 g/mol. The van der Waals surface area contributed by atoms with Gasteiger partial charge in [-0.15, -0.1) is 12.4 Å². The van der Waals surface area contributed by atoms with E-state index < -0.39 is 11.7 Å². The molecule has 1 aliphatic rings. The number of aromatic nitrogens is 3. The number of hydrogen-bond acceptors (Lipinski definition) is 6. The minimum absolute atomic E-state index is 0. The molecule has 4 N–H and O–H groups in total. The second-order valence-electron chi connectivity index (χ2n) is 6.50. The number of pyridine rings is 1. The van der Waals surface area contributed by atoms with E-state index in [0.29, 0.717) is 17.2 Å². The Morgan fingerprint density at radius 3 is 2.52 bits per heavy atom. The highest BCUT2D eigenvalue weighted by molar-refractivity contribution is 5.90. The van der Waals surface area contributed by atoms with Gasteiger partial charge < -0.3 is 20.9 Å². The fraction of sp³-hybridized carbons (Fsp3) is 0.278. The Morgan fingerprint density at radius 1 is 1.10 bits per heavy atom. The van der Waals surface area contributed by atoms with Gasteiger partial charge in [0.15, 0.2) is 0 Å². The SMILES string of the molecule is Cl.O=c1[nH]ccc2nc(N[C@H]3CCNC3)nc(Nc3ccc(C(F)(F)F)cc3)c12. The number of alkyl halides is 3. The predicted octanol–water partition coefficient (Wildman–Crippen LogP) is 3.28. The summed E-state index contributed by atoms with van der Waals surface area (Å²) in [5.74, 6) is 0.571. The molecule has 29 heavy (non-hydrogen) atoms. The number of halogens is 4. The maximum atomic E-state index is 12.8. The third kappa shape index (κ3) is 4.60. The fourth-order valence-electron chi connectivity index (χ4n) is 3.09. The normalized spacial score (nSPS) is 16.4. The van der Waals surface area contributed by atoms with E-state index >= 15 is 0 Å². The predicted molar refractivity (Wildman–Crippen MR) is 107 cm³/mol. The smallest absolute Gasteiger partial charge is 0.350 e. The van der Waals surface area contributed by atoms with Crippen LogP contribution in [0.25, 0.3) is 10.9 Å². The first kappa shape index (κ1) is 20.9. The molecule has 1 atom stereocenters. The first-order valence-electron chi connectivity index (χ1n) is 8.71. The van der Waals surface area contributed by atoms with E-state index in [4.69, 9.17) is 0 Å². The van der Waals surface area contributed by atoms with Gasteiger partial charge in [-0.3, -0.25) is 4.79 Å². The topological polar surface area (TPSA) is 94.7 Å². The fourth-order valence-corrected chi connectivity index (χ4v) is 3.09. The number of benzene rings is 1. The molecule has 1 aromatic carbocycles. The van der Waals surface area contributed by atoms with Crippen molar-refractivity contribution in [2.45, 2.75) is 18.6 Å². The van der Waals surface area contributed by atoms with Crippen molar-refractivity contribution in [3.8, 4) is 0 Å². The van der Waals surface area contributed by atoms with E-state index in [1.54, 1.807) is 6.07 Å². The lowest BCUT2D eigenvalue weighted by Crippen LogP contribution is -2.24. The molecule has 2 aromatic heterocycles. The van der Waals surface area contributed by atoms with Crippen molar-refractivity contribution < 1.29 is 13.2 Å². The number of anilines is 3. The van der Waals surface area contributed by atoms with Crippen molar-refractivity contribution in [2.75, 3.05) is 23.7 Å². The molecule has 1 saturated heterocycles. The van der Waals surface area contributed by atoms with Crippen molar-refractivity contribution in [1.82, 2.24) is 20.3 Å². The summed E-state index contributed by atoms with van der Waals surface area (Å²) in [4.78, 5) is 23.6. The molecule has 1 fully saturated rings. The number of nitrogens with zero attached hydrogens (tertiary/aromatic N) is 2. The summed E-state index contributed by atoms with van der Waals surface area (Å²) in [6.07, 6.45) is -2.01. The second kappa shape index (κ2) is 8.26. The molecule has 7 nitrogen and oxygen atoms in total. The van der Waals surface area contributed by atoms with Gasteiger partial charge >= 0.3 is 6.18 Å². The van der Waals surface area contributed by atoms with E-state index in [0.717, 1.165) is 31.6 Å². The summed E-state index contributed by atoms with van der Waals surface area (Å²) in [5.41, 5.74) is -0.327. The number of hydrogen-bond donors (Lipinski definition) is 4. The van der Waals surface area contributed by atoms with Gasteiger partial charge in [0.2, 0.25) is 5.95 Å². The largest absolute Gasteiger partial charge is 0.416 e. The third-order valence-electron chi connectivity index (χ3n) is 4.49. The van der Waals surface area contributed by atoms with E-state index in [1.807, 2.05) is 0 Å². The molecule has 1 aliphatic heterocycles. The summed E-state index contributed by atoms with van der Waals surface area (Å²) in [6, 6.07) is 6.34. The van der Waals surface area contributed by atoms with Crippen molar-refractivity contribution in [2.24, 2.45) is 0 Å². The van der Waals surface area contributed by atoms with Crippen LogP contribution in [0.5, 0.6) is 0 Å². The zero-order valence-electron chi connectivity index (χ0n) is 15.0. The highest BCUT2D eigenvalue weighted by Gasteiger charge is 2.30. The van der Waals surface area contributed by atoms with Gasteiger partial charge in [-0.25, -0.2) is 4.98 Å². The van der Waals surface area contributed by atoms with Crippen molar-refractivity contribution in [1.29, 1.82) is 0 Å². The molecule has 11 heteroatoms. The number of aromatic amines is 1. The van der Waals surface area contributed by atoms with Crippen LogP contribution in [0.2, 0.25) is 0 Å². The first-order valence-corrected chi connectivity index (χ1v) is 8.71. The lowest BCUT2D eigenvalue weighted by Gasteiger charge is -2.14. The van der Waals surface area contributed by atoms with Crippen LogP contribution in [0.15, 0.2) is 41.3 Å². The molecule has 3 heterocycles. The molecule has 0 amide bonds. The van der Waals surface area contributed by atoms with Gasteiger partial charge in [-0.05, 0) is 43.3 Å². The first-order chi connectivity index (χ1) is 13.4. The maximum absolute atomic E-state index is 12.8. The van der Waals surface area contributed by atoms with Crippen molar-refractivity contribution in [3.05, 3.63) is 52.4 Å². The van der Waals surface area contributed by atoms with Crippen molar-refractivity contribution in [3.63, 3.8) is 0 Å². The summed E-state index contributed by atoms with van der Waals surface area (Å²) in [5, 5.41) is 9.62. The Morgan fingerprint density at radius 2 is 1.86 bits per heavy atom. The zero-order valence-corrected chi connectivity index (χ0v) is 15.8. The monoisotopic (exact) mass is 426 g/mol. The Labute approximate surface area is 169 Å². The van der Waals surface area contributed by atoms with E-state index in [1.165, 1.54) is 18.3 Å². The maximum Gasteiger partial charge on any atom is 0.416 e. The minimum atomic E-state index is -4.41. The standard InChI is InChI=1S/C18H17F3N6O.ClH/c19-18(20,21)10-1-3-11(4-2-10)24-15-14-13(6-8-23-16(14)28)26-17(27-15)25-12-5-7-22-9-12;/h1-4,6,8,12,22H,5,7,9H2,(H,23,28)(H2,24,25,26,27);1H/t12-;/m0./s1. The molecule has 3 aromatic rings. The van der Waals surface area contributed by atoms with Crippen LogP contribution in [-0.4, -0.2) is 34.1 Å². The number of H-pyrrole nitrogens is 1. The van der Waals surface area contributed by atoms with Crippen LogP contribution < -0.4 is 21.5 Å². The molecule has 0 spiro atoms. The van der Waals surface area contributed by atoms with Crippen LogP contribution in [0.4, 0.5) is 30.6 Å². The Balaban J connectivity index is 0.00000240. The van der Waals surface area contributed by atoms with Gasteiger partial charge in [-0.2, -0.15) is 18.2 Å². The average Bonchev–Trinajstić information content (AvgIpc) is 3.14. The quantitative estimate of drug-likeness (QED) is 0.511. The Hall–Kier alpha value is -2.85. The lowest BCUT2D eigenvalue weighted by atomic mass is 10.2. The molecule has 4 rings (SSSR count). The molecule has 0 saturated carbocycles. The summed E-state index contributed by atoms with van der Waals surface area (Å²) in [6.45, 7) is 1.67. The average molecular weight is 427 g/mol. The van der Waals surface area contributed by atoms with Crippen LogP contribution >= 0.6 is 12.4 Å². The van der Waals surface area contributed by atoms with E-state index in [2.05, 4.69) is 30.9 Å². The summed E-state index contributed by atoms with van der Waals surface area (Å²) < 4.78 is 38.3. The van der Waals surface area contributed by atoms with Gasteiger partial charge in [0.1, 0.15) is 11.2 Å². The van der Waals surface area contributed by atoms with Crippen LogP contribution in [0.1, 0.15) is 12.0 Å². The van der Waals surface area contributed by atoms with Crippen LogP contribution in [0.3, 0.4) is 0 Å². The number of fused-ring (bicyclic) bond motifs is 1. The van der Waals surface area contributed by atoms with Crippen molar-refractivity contribution >= 4 is 40.8 Å². The van der Waals surface area contributed by atoms with E-state index in [9.17, 15) is 18.0 Å². The second-order valence-corrected chi connectivity index (χ2v) is 6.50. The van der Waals surface area contributed by atoms with Gasteiger partial charge in [-0.1, -0.05) is 0 Å². The summed E-state index contributed by atoms with van der Waals surface area (Å²) in [7, 11) is 0. The number of nitrogens with one attached hydrogen (secondary N) is 4. The van der Waals surface area contributed by atoms with E-state index in [-0.39, 0.29) is 35.2 Å². The highest BCUT2D eigenvalue weighted by Crippen LogP contribution is 2.31. The Bertz CT molecular complexity index is 1050.